The largest absolute Gasteiger partial charge is 0.453 e. The number of hydrogen-bond donors (Lipinski definition) is 4. The first-order valence-electron chi connectivity index (χ1n) is 18.3. The Kier molecular flexibility index (Phi) is 9.23. The second kappa shape index (κ2) is 13.9. The summed E-state index contributed by atoms with van der Waals surface area (Å²) in [4.78, 5) is 43.7. The smallest absolute Gasteiger partial charge is 0.407 e. The van der Waals surface area contributed by atoms with Crippen LogP contribution < -0.4 is 11.1 Å². The van der Waals surface area contributed by atoms with Crippen LogP contribution >= 0.6 is 0 Å². The number of unbranched alkanes of at least 4 members (excludes halogenated alkanes) is 1. The Morgan fingerprint density at radius 1 is 1.00 bits per heavy atom. The standard InChI is InChI=1S/C40H43F2N7O5/c1-22(2)35(48-38(51)52-3)37(50)49-21-39(53-14-15-54-39)19-33(49)36-44-20-32(47-36)25-8-11-27-26-10-7-23(16-28(26)40(41,42)29(27)17-25)24-9-12-30-31(18-24)46-34(45-30)6-4-5-13-43/h7-12,16-18,20,22,33,35H,4-6,13-15,19,21,43H2,1-3H3,(H,44,47)(H,45,46)(H,48,51)/t33?,35-/m0/s1. The molecule has 54 heavy (non-hydrogen) atoms. The number of fused-ring (bicyclic) bond motifs is 4. The highest BCUT2D eigenvalue weighted by atomic mass is 19.3. The van der Waals surface area contributed by atoms with Gasteiger partial charge >= 0.3 is 6.09 Å². The molecule has 2 fully saturated rings. The van der Waals surface area contributed by atoms with Crippen LogP contribution in [-0.2, 0) is 31.3 Å². The monoisotopic (exact) mass is 739 g/mol. The molecule has 3 aliphatic rings. The summed E-state index contributed by atoms with van der Waals surface area (Å²) in [6, 6.07) is 14.6. The van der Waals surface area contributed by atoms with Crippen molar-refractivity contribution in [3.63, 3.8) is 0 Å². The number of ether oxygens (including phenoxy) is 3. The van der Waals surface area contributed by atoms with Gasteiger partial charge in [0.1, 0.15) is 17.7 Å². The summed E-state index contributed by atoms with van der Waals surface area (Å²) in [7, 11) is 1.24. The Hall–Kier alpha value is -5.18. The number of carbonyl (C=O) groups excluding carboxylic acids is 2. The molecule has 0 saturated carbocycles. The number of aryl methyl sites for hydroxylation is 1. The first-order valence-corrected chi connectivity index (χ1v) is 18.3. The summed E-state index contributed by atoms with van der Waals surface area (Å²) in [5.41, 5.74) is 10.7. The number of nitrogens with two attached hydrogens (primary N) is 1. The average Bonchev–Trinajstić information content (AvgIpc) is 4.01. The topological polar surface area (TPSA) is 160 Å². The Balaban J connectivity index is 1.06. The van der Waals surface area contributed by atoms with Gasteiger partial charge in [0.2, 0.25) is 5.91 Å². The lowest BCUT2D eigenvalue weighted by Gasteiger charge is -2.30. The number of rotatable bonds is 10. The van der Waals surface area contributed by atoms with Crippen LogP contribution in [0.15, 0.2) is 60.8 Å². The third-order valence-electron chi connectivity index (χ3n) is 10.7. The number of alkyl halides is 2. The van der Waals surface area contributed by atoms with E-state index in [1.54, 1.807) is 35.4 Å². The van der Waals surface area contributed by atoms with Gasteiger partial charge in [-0.05, 0) is 71.8 Å². The maximum Gasteiger partial charge on any atom is 0.407 e. The summed E-state index contributed by atoms with van der Waals surface area (Å²) >= 11 is 0. The number of halogens is 2. The second-order valence-corrected chi connectivity index (χ2v) is 14.6. The molecule has 5 aromatic rings. The van der Waals surface area contributed by atoms with Gasteiger partial charge in [-0.2, -0.15) is 8.78 Å². The Bertz CT molecular complexity index is 2230. The Morgan fingerprint density at radius 2 is 1.69 bits per heavy atom. The average molecular weight is 740 g/mol. The molecule has 5 N–H and O–H groups in total. The van der Waals surface area contributed by atoms with Crippen LogP contribution in [0.5, 0.6) is 0 Å². The van der Waals surface area contributed by atoms with E-state index in [2.05, 4.69) is 25.3 Å². The highest BCUT2D eigenvalue weighted by Gasteiger charge is 2.53. The molecule has 2 aromatic heterocycles. The quantitative estimate of drug-likeness (QED) is 0.120. The summed E-state index contributed by atoms with van der Waals surface area (Å²) in [5, 5.41) is 2.65. The molecule has 2 aliphatic heterocycles. The lowest BCUT2D eigenvalue weighted by Crippen LogP contribution is -2.52. The number of methoxy groups -OCH3 is 1. The first kappa shape index (κ1) is 35.8. The van der Waals surface area contributed by atoms with Crippen molar-refractivity contribution in [3.8, 4) is 33.5 Å². The third-order valence-corrected chi connectivity index (χ3v) is 10.7. The van der Waals surface area contributed by atoms with E-state index in [-0.39, 0.29) is 29.5 Å². The molecule has 1 unspecified atom stereocenters. The van der Waals surface area contributed by atoms with Crippen molar-refractivity contribution in [2.45, 2.75) is 63.3 Å². The molecule has 8 rings (SSSR count). The van der Waals surface area contributed by atoms with E-state index >= 15 is 8.78 Å². The van der Waals surface area contributed by atoms with E-state index in [0.29, 0.717) is 60.0 Å². The predicted molar refractivity (Wildman–Crippen MR) is 197 cm³/mol. The summed E-state index contributed by atoms with van der Waals surface area (Å²) in [6.45, 7) is 5.20. The molecule has 282 valence electrons. The van der Waals surface area contributed by atoms with Crippen molar-refractivity contribution >= 4 is 23.0 Å². The van der Waals surface area contributed by atoms with Crippen molar-refractivity contribution < 1.29 is 32.6 Å². The van der Waals surface area contributed by atoms with E-state index in [9.17, 15) is 9.59 Å². The number of imidazole rings is 2. The minimum absolute atomic E-state index is 0.0492. The SMILES string of the molecule is COC(=O)N[C@H](C(=O)N1CC2(CC1c1ncc(-c3ccc4c(c3)C(F)(F)c3cc(-c5ccc6nc(CCCCN)[nH]c6c5)ccc3-4)[nH]1)OCCO2)C(C)C. The van der Waals surface area contributed by atoms with Crippen molar-refractivity contribution in [1.82, 2.24) is 30.2 Å². The van der Waals surface area contributed by atoms with Gasteiger partial charge in [-0.1, -0.05) is 44.2 Å². The van der Waals surface area contributed by atoms with E-state index in [0.717, 1.165) is 41.7 Å². The number of likely N-dealkylation sites (tertiary alicyclic amines) is 1. The summed E-state index contributed by atoms with van der Waals surface area (Å²) in [6.07, 6.45) is 3.83. The zero-order valence-electron chi connectivity index (χ0n) is 30.4. The van der Waals surface area contributed by atoms with Crippen molar-refractivity contribution in [2.24, 2.45) is 11.7 Å². The molecule has 0 radical (unpaired) electrons. The number of nitrogens with one attached hydrogen (secondary N) is 3. The number of nitrogens with zero attached hydrogens (tertiary/aromatic N) is 3. The number of alkyl carbamates (subject to hydrolysis) is 1. The van der Waals surface area contributed by atoms with Gasteiger partial charge in [-0.3, -0.25) is 4.79 Å². The number of aromatic nitrogens is 4. The van der Waals surface area contributed by atoms with E-state index in [4.69, 9.17) is 19.9 Å². The molecule has 14 heteroatoms. The fourth-order valence-corrected chi connectivity index (χ4v) is 7.92. The van der Waals surface area contributed by atoms with Gasteiger partial charge in [-0.25, -0.2) is 14.8 Å². The van der Waals surface area contributed by atoms with Crippen molar-refractivity contribution in [1.29, 1.82) is 0 Å². The second-order valence-electron chi connectivity index (χ2n) is 14.6. The zero-order chi connectivity index (χ0) is 37.8. The van der Waals surface area contributed by atoms with Gasteiger partial charge in [0.05, 0.1) is 55.8 Å². The number of amides is 2. The maximum absolute atomic E-state index is 16.4. The molecular weight excluding hydrogens is 696 g/mol. The molecule has 1 spiro atoms. The summed E-state index contributed by atoms with van der Waals surface area (Å²) < 4.78 is 49.5. The normalized spacial score (nSPS) is 18.7. The van der Waals surface area contributed by atoms with Crippen molar-refractivity contribution in [3.05, 3.63) is 83.6 Å². The molecule has 2 saturated heterocycles. The van der Waals surface area contributed by atoms with E-state index in [1.807, 2.05) is 38.1 Å². The summed E-state index contributed by atoms with van der Waals surface area (Å²) in [5.74, 6) is -3.51. The number of H-pyrrole nitrogens is 2. The van der Waals surface area contributed by atoms with Crippen LogP contribution in [0, 0.1) is 5.92 Å². The van der Waals surface area contributed by atoms with E-state index in [1.165, 1.54) is 13.2 Å². The fourth-order valence-electron chi connectivity index (χ4n) is 7.92. The Labute approximate surface area is 310 Å². The van der Waals surface area contributed by atoms with Crippen LogP contribution in [0.3, 0.4) is 0 Å². The lowest BCUT2D eigenvalue weighted by molar-refractivity contribution is -0.153. The van der Waals surface area contributed by atoms with Crippen LogP contribution in [-0.4, -0.2) is 82.1 Å². The highest BCUT2D eigenvalue weighted by Crippen LogP contribution is 2.53. The number of benzene rings is 3. The van der Waals surface area contributed by atoms with Crippen LogP contribution in [0.2, 0.25) is 0 Å². The molecular formula is C40H43F2N7O5. The van der Waals surface area contributed by atoms with Crippen LogP contribution in [0.25, 0.3) is 44.5 Å². The van der Waals surface area contributed by atoms with Gasteiger partial charge in [0.15, 0.2) is 5.79 Å². The molecule has 1 aliphatic carbocycles. The first-order chi connectivity index (χ1) is 26.0. The molecule has 2 atom stereocenters. The fraction of sp³-hybridized carbons (Fsp3) is 0.400. The Morgan fingerprint density at radius 3 is 2.39 bits per heavy atom. The van der Waals surface area contributed by atoms with Gasteiger partial charge in [0, 0.05) is 29.5 Å². The zero-order valence-corrected chi connectivity index (χ0v) is 30.4. The highest BCUT2D eigenvalue weighted by molar-refractivity contribution is 5.88. The van der Waals surface area contributed by atoms with Crippen molar-refractivity contribution in [2.75, 3.05) is 33.4 Å². The van der Waals surface area contributed by atoms with E-state index < -0.39 is 29.9 Å². The number of aromatic amines is 2. The molecule has 2 amide bonds. The molecule has 4 heterocycles. The number of carbonyl (C=O) groups is 2. The minimum Gasteiger partial charge on any atom is -0.453 e. The molecule has 12 nitrogen and oxygen atoms in total. The lowest BCUT2D eigenvalue weighted by atomic mass is 9.98. The minimum atomic E-state index is -3.25. The maximum atomic E-state index is 16.4. The number of hydrogen-bond acceptors (Lipinski definition) is 8. The van der Waals surface area contributed by atoms with Gasteiger partial charge in [0.25, 0.3) is 5.92 Å². The predicted octanol–water partition coefficient (Wildman–Crippen LogP) is 6.42. The molecule has 0 bridgehead atoms. The third kappa shape index (κ3) is 6.31. The van der Waals surface area contributed by atoms with Gasteiger partial charge < -0.3 is 40.1 Å². The van der Waals surface area contributed by atoms with Crippen LogP contribution in [0.1, 0.15) is 61.9 Å². The van der Waals surface area contributed by atoms with Gasteiger partial charge in [-0.15, -0.1) is 0 Å². The van der Waals surface area contributed by atoms with Crippen LogP contribution in [0.4, 0.5) is 13.6 Å². The molecule has 3 aromatic carbocycles.